The lowest BCUT2D eigenvalue weighted by Gasteiger charge is -2.20. The maximum absolute atomic E-state index is 13.6. The summed E-state index contributed by atoms with van der Waals surface area (Å²) in [6.07, 6.45) is 0. The van der Waals surface area contributed by atoms with Crippen LogP contribution in [0.25, 0.3) is 0 Å². The zero-order chi connectivity index (χ0) is 21.4. The molecular weight excluding hydrogens is 361 g/mol. The standard InChI is InChI=1S/C21H26FN3O3/c1-11-8-14(22)10-15(9-11)23-19(27)16-12(2)17(25(7)13(16)3)18(26)20(28)24-21(4,5)6/h8-10H,1-7H3,(H,23,27)(H,24,28). The highest BCUT2D eigenvalue weighted by Gasteiger charge is 2.30. The normalized spacial score (nSPS) is 11.3. The summed E-state index contributed by atoms with van der Waals surface area (Å²) < 4.78 is 15.1. The topological polar surface area (TPSA) is 80.2 Å². The zero-order valence-electron chi connectivity index (χ0n) is 17.3. The number of aromatic nitrogens is 1. The van der Waals surface area contributed by atoms with Crippen molar-refractivity contribution >= 4 is 23.3 Å². The van der Waals surface area contributed by atoms with Gasteiger partial charge in [0, 0.05) is 24.0 Å². The number of Topliss-reactive ketones (excluding diaryl/α,β-unsaturated/α-hetero) is 1. The van der Waals surface area contributed by atoms with Crippen LogP contribution in [-0.2, 0) is 11.8 Å². The van der Waals surface area contributed by atoms with Crippen LogP contribution >= 0.6 is 0 Å². The molecule has 6 nitrogen and oxygen atoms in total. The molecule has 7 heteroatoms. The van der Waals surface area contributed by atoms with Gasteiger partial charge in [-0.3, -0.25) is 14.4 Å². The lowest BCUT2D eigenvalue weighted by atomic mass is 10.1. The minimum atomic E-state index is -0.732. The number of hydrogen-bond donors (Lipinski definition) is 2. The number of carbonyl (C=O) groups is 3. The van der Waals surface area contributed by atoms with E-state index in [4.69, 9.17) is 0 Å². The molecule has 0 aliphatic carbocycles. The summed E-state index contributed by atoms with van der Waals surface area (Å²) in [6, 6.07) is 4.23. The van der Waals surface area contributed by atoms with Crippen molar-refractivity contribution in [3.8, 4) is 0 Å². The van der Waals surface area contributed by atoms with Crippen LogP contribution in [0.15, 0.2) is 18.2 Å². The molecule has 0 radical (unpaired) electrons. The number of rotatable bonds is 4. The summed E-state index contributed by atoms with van der Waals surface area (Å²) in [4.78, 5) is 37.8. The lowest BCUT2D eigenvalue weighted by Crippen LogP contribution is -2.44. The van der Waals surface area contributed by atoms with E-state index in [1.807, 2.05) is 0 Å². The maximum atomic E-state index is 13.6. The van der Waals surface area contributed by atoms with Gasteiger partial charge < -0.3 is 15.2 Å². The smallest absolute Gasteiger partial charge is 0.294 e. The second kappa shape index (κ2) is 7.58. The first-order valence-electron chi connectivity index (χ1n) is 8.93. The van der Waals surface area contributed by atoms with Crippen molar-refractivity contribution < 1.29 is 18.8 Å². The molecule has 0 spiro atoms. The van der Waals surface area contributed by atoms with Gasteiger partial charge in [0.15, 0.2) is 0 Å². The summed E-state index contributed by atoms with van der Waals surface area (Å²) in [5.74, 6) is -2.36. The number of ketones is 1. The quantitative estimate of drug-likeness (QED) is 0.623. The van der Waals surface area contributed by atoms with Crippen LogP contribution in [0.2, 0.25) is 0 Å². The third-order valence-electron chi connectivity index (χ3n) is 4.37. The molecular formula is C21H26FN3O3. The highest BCUT2D eigenvalue weighted by atomic mass is 19.1. The predicted molar refractivity (Wildman–Crippen MR) is 106 cm³/mol. The van der Waals surface area contributed by atoms with E-state index < -0.39 is 29.0 Å². The second-order valence-corrected chi connectivity index (χ2v) is 8.00. The van der Waals surface area contributed by atoms with Crippen molar-refractivity contribution in [2.45, 2.75) is 47.1 Å². The van der Waals surface area contributed by atoms with E-state index in [0.717, 1.165) is 0 Å². The summed E-state index contributed by atoms with van der Waals surface area (Å²) in [5, 5.41) is 5.30. The minimum Gasteiger partial charge on any atom is -0.345 e. The molecule has 0 saturated carbocycles. The SMILES string of the molecule is Cc1cc(F)cc(NC(=O)c2c(C)c(C(=O)C(=O)NC(C)(C)C)n(C)c2C)c1. The Bertz CT molecular complexity index is 948. The van der Waals surface area contributed by atoms with Gasteiger partial charge in [-0.1, -0.05) is 0 Å². The number of amides is 2. The van der Waals surface area contributed by atoms with Gasteiger partial charge in [-0.2, -0.15) is 0 Å². The zero-order valence-corrected chi connectivity index (χ0v) is 17.3. The van der Waals surface area contributed by atoms with Crippen molar-refractivity contribution in [1.29, 1.82) is 0 Å². The summed E-state index contributed by atoms with van der Waals surface area (Å²) in [7, 11) is 1.63. The van der Waals surface area contributed by atoms with Crippen LogP contribution in [0.1, 0.15) is 58.4 Å². The van der Waals surface area contributed by atoms with Gasteiger partial charge in [0.1, 0.15) is 5.82 Å². The highest BCUT2D eigenvalue weighted by Crippen LogP contribution is 2.24. The van der Waals surface area contributed by atoms with Crippen LogP contribution in [-0.4, -0.2) is 27.7 Å². The van der Waals surface area contributed by atoms with E-state index in [-0.39, 0.29) is 11.3 Å². The van der Waals surface area contributed by atoms with Crippen LogP contribution in [0.3, 0.4) is 0 Å². The molecule has 0 atom stereocenters. The van der Waals surface area contributed by atoms with Crippen molar-refractivity contribution in [3.63, 3.8) is 0 Å². The maximum Gasteiger partial charge on any atom is 0.294 e. The predicted octanol–water partition coefficient (Wildman–Crippen LogP) is 3.44. The van der Waals surface area contributed by atoms with Gasteiger partial charge in [0.05, 0.1) is 11.3 Å². The molecule has 0 bridgehead atoms. The summed E-state index contributed by atoms with van der Waals surface area (Å²) in [5.41, 5.74) is 1.82. The van der Waals surface area contributed by atoms with E-state index in [1.165, 1.54) is 16.7 Å². The Labute approximate surface area is 164 Å². The minimum absolute atomic E-state index is 0.153. The van der Waals surface area contributed by atoms with Gasteiger partial charge in [-0.25, -0.2) is 4.39 Å². The Morgan fingerprint density at radius 3 is 2.18 bits per heavy atom. The first kappa shape index (κ1) is 21.3. The van der Waals surface area contributed by atoms with E-state index in [2.05, 4.69) is 10.6 Å². The van der Waals surface area contributed by atoms with Crippen molar-refractivity contribution in [2.24, 2.45) is 7.05 Å². The molecule has 2 rings (SSSR count). The molecule has 0 unspecified atom stereocenters. The molecule has 150 valence electrons. The molecule has 1 aromatic carbocycles. The van der Waals surface area contributed by atoms with Crippen LogP contribution < -0.4 is 10.6 Å². The fourth-order valence-corrected chi connectivity index (χ4v) is 3.14. The molecule has 1 heterocycles. The Kier molecular flexibility index (Phi) is 5.77. The molecule has 2 aromatic rings. The fraction of sp³-hybridized carbons (Fsp3) is 0.381. The first-order chi connectivity index (χ1) is 12.8. The average Bonchev–Trinajstić information content (AvgIpc) is 2.73. The molecule has 0 saturated heterocycles. The number of carbonyl (C=O) groups excluding carboxylic acids is 3. The largest absolute Gasteiger partial charge is 0.345 e. The van der Waals surface area contributed by atoms with Gasteiger partial charge in [0.2, 0.25) is 0 Å². The Balaban J connectivity index is 2.39. The van der Waals surface area contributed by atoms with Crippen molar-refractivity contribution in [1.82, 2.24) is 9.88 Å². The number of nitrogens with one attached hydrogen (secondary N) is 2. The van der Waals surface area contributed by atoms with Crippen LogP contribution in [0.4, 0.5) is 10.1 Å². The molecule has 2 amide bonds. The third-order valence-corrected chi connectivity index (χ3v) is 4.37. The fourth-order valence-electron chi connectivity index (χ4n) is 3.14. The number of benzene rings is 1. The molecule has 2 N–H and O–H groups in total. The number of hydrogen-bond acceptors (Lipinski definition) is 3. The van der Waals surface area contributed by atoms with E-state index >= 15 is 0 Å². The van der Waals surface area contributed by atoms with Crippen LogP contribution in [0, 0.1) is 26.6 Å². The van der Waals surface area contributed by atoms with Gasteiger partial charge in [-0.15, -0.1) is 0 Å². The van der Waals surface area contributed by atoms with Crippen molar-refractivity contribution in [3.05, 3.63) is 52.1 Å². The number of anilines is 1. The summed E-state index contributed by atoms with van der Waals surface area (Å²) >= 11 is 0. The van der Waals surface area contributed by atoms with Gasteiger partial charge in [-0.05, 0) is 70.9 Å². The molecule has 0 aliphatic heterocycles. The highest BCUT2D eigenvalue weighted by molar-refractivity contribution is 6.43. The Morgan fingerprint density at radius 2 is 1.64 bits per heavy atom. The van der Waals surface area contributed by atoms with Gasteiger partial charge >= 0.3 is 0 Å². The second-order valence-electron chi connectivity index (χ2n) is 8.00. The number of aryl methyl sites for hydroxylation is 1. The molecule has 28 heavy (non-hydrogen) atoms. The van der Waals surface area contributed by atoms with E-state index in [9.17, 15) is 18.8 Å². The van der Waals surface area contributed by atoms with E-state index in [0.29, 0.717) is 22.5 Å². The number of halogens is 1. The third kappa shape index (κ3) is 4.47. The lowest BCUT2D eigenvalue weighted by molar-refractivity contribution is -0.118. The van der Waals surface area contributed by atoms with Gasteiger partial charge in [0.25, 0.3) is 17.6 Å². The monoisotopic (exact) mass is 387 g/mol. The van der Waals surface area contributed by atoms with Crippen LogP contribution in [0.5, 0.6) is 0 Å². The first-order valence-corrected chi connectivity index (χ1v) is 8.93. The Morgan fingerprint density at radius 1 is 1.04 bits per heavy atom. The summed E-state index contributed by atoms with van der Waals surface area (Å²) in [6.45, 7) is 10.4. The molecule has 1 aromatic heterocycles. The Hall–Kier alpha value is -2.96. The average molecular weight is 387 g/mol. The molecule has 0 aliphatic rings. The molecule has 0 fully saturated rings. The van der Waals surface area contributed by atoms with E-state index in [1.54, 1.807) is 54.7 Å². The van der Waals surface area contributed by atoms with Crippen molar-refractivity contribution in [2.75, 3.05) is 5.32 Å². The number of nitrogens with zero attached hydrogens (tertiary/aromatic N) is 1.